The number of aromatic nitrogens is 2. The molecule has 1 aliphatic rings. The number of phenolic OH excluding ortho intramolecular Hbond substituents is 1. The number of H-pyrrole nitrogens is 1. The van der Waals surface area contributed by atoms with E-state index in [2.05, 4.69) is 15.1 Å². The summed E-state index contributed by atoms with van der Waals surface area (Å²) in [4.78, 5) is 13.6. The molecule has 0 bridgehead atoms. The van der Waals surface area contributed by atoms with Gasteiger partial charge in [-0.2, -0.15) is 5.10 Å². The van der Waals surface area contributed by atoms with Gasteiger partial charge in [0, 0.05) is 35.3 Å². The summed E-state index contributed by atoms with van der Waals surface area (Å²) in [6.45, 7) is 4.89. The summed E-state index contributed by atoms with van der Waals surface area (Å²) < 4.78 is 11.1. The minimum atomic E-state index is -0.205. The van der Waals surface area contributed by atoms with E-state index in [9.17, 15) is 9.90 Å². The lowest BCUT2D eigenvalue weighted by atomic mass is 9.96. The van der Waals surface area contributed by atoms with Gasteiger partial charge in [-0.1, -0.05) is 12.1 Å². The van der Waals surface area contributed by atoms with Crippen molar-refractivity contribution in [3.05, 3.63) is 48.2 Å². The van der Waals surface area contributed by atoms with Crippen LogP contribution in [0.5, 0.6) is 17.2 Å². The minimum Gasteiger partial charge on any atom is -0.507 e. The molecule has 0 spiro atoms. The Bertz CT molecular complexity index is 1100. The Balaban J connectivity index is 1.42. The highest BCUT2D eigenvalue weighted by Crippen LogP contribution is 2.39. The monoisotopic (exact) mass is 450 g/mol. The maximum atomic E-state index is 11.3. The number of phenols is 1. The van der Waals surface area contributed by atoms with Crippen LogP contribution in [0.2, 0.25) is 0 Å². The predicted octanol–water partition coefficient (Wildman–Crippen LogP) is 3.34. The van der Waals surface area contributed by atoms with Crippen LogP contribution in [-0.4, -0.2) is 59.5 Å². The highest BCUT2D eigenvalue weighted by Gasteiger charge is 2.23. The molecule has 1 fully saturated rings. The van der Waals surface area contributed by atoms with Crippen LogP contribution in [0.3, 0.4) is 0 Å². The number of rotatable bonds is 8. The van der Waals surface area contributed by atoms with E-state index in [4.69, 9.17) is 15.2 Å². The predicted molar refractivity (Wildman–Crippen MR) is 126 cm³/mol. The summed E-state index contributed by atoms with van der Waals surface area (Å²) in [5.74, 6) is 1.27. The van der Waals surface area contributed by atoms with Crippen LogP contribution >= 0.6 is 0 Å². The van der Waals surface area contributed by atoms with Gasteiger partial charge in [0.25, 0.3) is 0 Å². The van der Waals surface area contributed by atoms with E-state index in [0.29, 0.717) is 23.6 Å². The zero-order valence-electron chi connectivity index (χ0n) is 19.0. The first-order valence-electron chi connectivity index (χ1n) is 11.1. The number of nitrogens with zero attached hydrogens (tertiary/aromatic N) is 2. The average Bonchev–Trinajstić information content (AvgIpc) is 3.20. The largest absolute Gasteiger partial charge is 0.507 e. The highest BCUT2D eigenvalue weighted by molar-refractivity contribution is 5.85. The molecule has 0 aliphatic carbocycles. The van der Waals surface area contributed by atoms with Crippen LogP contribution in [0.1, 0.15) is 18.5 Å². The Hall–Kier alpha value is -3.52. The van der Waals surface area contributed by atoms with Crippen LogP contribution in [0.4, 0.5) is 0 Å². The van der Waals surface area contributed by atoms with E-state index in [-0.39, 0.29) is 17.6 Å². The van der Waals surface area contributed by atoms with Gasteiger partial charge in [-0.15, -0.1) is 0 Å². The molecule has 174 valence electrons. The second kappa shape index (κ2) is 9.95. The van der Waals surface area contributed by atoms with Crippen molar-refractivity contribution in [2.75, 3.05) is 33.4 Å². The fraction of sp³-hybridized carbons (Fsp3) is 0.360. The molecular weight excluding hydrogens is 420 g/mol. The van der Waals surface area contributed by atoms with Crippen molar-refractivity contribution in [1.82, 2.24) is 15.1 Å². The van der Waals surface area contributed by atoms with Crippen molar-refractivity contribution in [3.63, 3.8) is 0 Å². The molecule has 33 heavy (non-hydrogen) atoms. The smallest absolute Gasteiger partial charge is 0.220 e. The van der Waals surface area contributed by atoms with Gasteiger partial charge in [-0.25, -0.2) is 0 Å². The summed E-state index contributed by atoms with van der Waals surface area (Å²) in [6.07, 6.45) is 1.59. The zero-order chi connectivity index (χ0) is 23.4. The van der Waals surface area contributed by atoms with Crippen molar-refractivity contribution >= 4 is 5.91 Å². The molecule has 0 atom stereocenters. The van der Waals surface area contributed by atoms with Gasteiger partial charge in [-0.05, 0) is 62.7 Å². The first-order chi connectivity index (χ1) is 16.0. The van der Waals surface area contributed by atoms with Crippen molar-refractivity contribution in [3.8, 4) is 39.6 Å². The maximum absolute atomic E-state index is 11.3. The molecule has 4 N–H and O–H groups in total. The number of methoxy groups -OCH3 is 1. The number of benzene rings is 2. The number of ether oxygens (including phenoxy) is 2. The van der Waals surface area contributed by atoms with Gasteiger partial charge in [-0.3, -0.25) is 14.8 Å². The lowest BCUT2D eigenvalue weighted by Gasteiger charge is -2.30. The molecule has 4 rings (SSSR count). The number of hydrogen-bond donors (Lipinski definition) is 3. The molecular formula is C25H30N4O4. The van der Waals surface area contributed by atoms with Crippen LogP contribution in [-0.2, 0) is 4.79 Å². The first-order valence-corrected chi connectivity index (χ1v) is 11.1. The number of aryl methyl sites for hydroxylation is 1. The van der Waals surface area contributed by atoms with Crippen LogP contribution in [0, 0.1) is 12.8 Å². The Labute approximate surface area is 193 Å². The molecule has 2 aromatic carbocycles. The molecule has 0 radical (unpaired) electrons. The Morgan fingerprint density at radius 1 is 1.18 bits per heavy atom. The second-order valence-electron chi connectivity index (χ2n) is 8.35. The number of primary amides is 1. The number of amides is 1. The SMILES string of the molecule is COc1ccc(-c2c(-c3ccc(OCCN4CCC(C(N)=O)CC4)cc3O)n[nH]c2C)cc1. The number of aromatic hydroxyl groups is 1. The van der Waals surface area contributed by atoms with E-state index >= 15 is 0 Å². The number of carbonyl (C=O) groups excluding carboxylic acids is 1. The summed E-state index contributed by atoms with van der Waals surface area (Å²) in [6, 6.07) is 13.0. The molecule has 2 heterocycles. The molecule has 1 aliphatic heterocycles. The number of nitrogens with two attached hydrogens (primary N) is 1. The van der Waals surface area contributed by atoms with Gasteiger partial charge in [0.1, 0.15) is 29.5 Å². The fourth-order valence-corrected chi connectivity index (χ4v) is 4.27. The van der Waals surface area contributed by atoms with Gasteiger partial charge in [0.15, 0.2) is 0 Å². The van der Waals surface area contributed by atoms with Crippen LogP contribution in [0.15, 0.2) is 42.5 Å². The van der Waals surface area contributed by atoms with Gasteiger partial charge in [0.2, 0.25) is 5.91 Å². The zero-order valence-corrected chi connectivity index (χ0v) is 19.0. The quantitative estimate of drug-likeness (QED) is 0.485. The third-order valence-corrected chi connectivity index (χ3v) is 6.22. The Morgan fingerprint density at radius 2 is 1.88 bits per heavy atom. The van der Waals surface area contributed by atoms with Crippen molar-refractivity contribution in [2.45, 2.75) is 19.8 Å². The third kappa shape index (κ3) is 5.12. The second-order valence-corrected chi connectivity index (χ2v) is 8.35. The lowest BCUT2D eigenvalue weighted by Crippen LogP contribution is -2.40. The average molecular weight is 451 g/mol. The highest BCUT2D eigenvalue weighted by atomic mass is 16.5. The summed E-state index contributed by atoms with van der Waals surface area (Å²) in [7, 11) is 1.64. The number of nitrogens with one attached hydrogen (secondary N) is 1. The Morgan fingerprint density at radius 3 is 2.52 bits per heavy atom. The van der Waals surface area contributed by atoms with Gasteiger partial charge >= 0.3 is 0 Å². The topological polar surface area (TPSA) is 114 Å². The Kier molecular flexibility index (Phi) is 6.84. The number of aromatic amines is 1. The molecule has 0 saturated carbocycles. The van der Waals surface area contributed by atoms with Crippen LogP contribution in [0.25, 0.3) is 22.4 Å². The number of piperidine rings is 1. The van der Waals surface area contributed by atoms with E-state index in [1.807, 2.05) is 43.3 Å². The van der Waals surface area contributed by atoms with Gasteiger partial charge in [0.05, 0.1) is 7.11 Å². The standard InChI is InChI=1S/C25H30N4O4/c1-16-23(17-3-5-19(32-2)6-4-17)24(28-27-16)21-8-7-20(15-22(21)30)33-14-13-29-11-9-18(10-12-29)25(26)31/h3-8,15,18,30H,9-14H2,1-2H3,(H2,26,31)(H,27,28). The number of hydrogen-bond acceptors (Lipinski definition) is 6. The van der Waals surface area contributed by atoms with E-state index < -0.39 is 0 Å². The third-order valence-electron chi connectivity index (χ3n) is 6.22. The van der Waals surface area contributed by atoms with Crippen molar-refractivity contribution < 1.29 is 19.4 Å². The molecule has 1 amide bonds. The molecule has 3 aromatic rings. The molecule has 0 unspecified atom stereocenters. The molecule has 8 heteroatoms. The first kappa shape index (κ1) is 22.7. The summed E-state index contributed by atoms with van der Waals surface area (Å²) >= 11 is 0. The van der Waals surface area contributed by atoms with Crippen molar-refractivity contribution in [2.24, 2.45) is 11.7 Å². The molecule has 1 aromatic heterocycles. The van der Waals surface area contributed by atoms with Gasteiger partial charge < -0.3 is 20.3 Å². The normalized spacial score (nSPS) is 14.8. The fourth-order valence-electron chi connectivity index (χ4n) is 4.27. The molecule has 1 saturated heterocycles. The summed E-state index contributed by atoms with van der Waals surface area (Å²) in [5.41, 5.74) is 9.53. The van der Waals surface area contributed by atoms with Crippen molar-refractivity contribution in [1.29, 1.82) is 0 Å². The van der Waals surface area contributed by atoms with Crippen LogP contribution < -0.4 is 15.2 Å². The molecule has 8 nitrogen and oxygen atoms in total. The van der Waals surface area contributed by atoms with E-state index in [1.165, 1.54) is 0 Å². The summed E-state index contributed by atoms with van der Waals surface area (Å²) in [5, 5.41) is 18.2. The number of carbonyl (C=O) groups is 1. The number of likely N-dealkylation sites (tertiary alicyclic amines) is 1. The maximum Gasteiger partial charge on any atom is 0.220 e. The lowest BCUT2D eigenvalue weighted by molar-refractivity contribution is -0.123. The van der Waals surface area contributed by atoms with E-state index in [1.54, 1.807) is 13.2 Å². The van der Waals surface area contributed by atoms with E-state index in [0.717, 1.165) is 55.0 Å². The minimum absolute atomic E-state index is 0.0138.